The second kappa shape index (κ2) is 10.7. The van der Waals surface area contributed by atoms with E-state index >= 15 is 0 Å². The molecular formula is C23H28N4O6. The van der Waals surface area contributed by atoms with Crippen LogP contribution in [0.25, 0.3) is 10.9 Å². The van der Waals surface area contributed by atoms with Crippen molar-refractivity contribution in [2.24, 2.45) is 5.92 Å². The number of ether oxygens (including phenoxy) is 2. The van der Waals surface area contributed by atoms with Gasteiger partial charge in [-0.1, -0.05) is 20.3 Å². The molecule has 10 nitrogen and oxygen atoms in total. The van der Waals surface area contributed by atoms with Crippen molar-refractivity contribution in [3.05, 3.63) is 53.0 Å². The molecule has 0 bridgehead atoms. The number of benzene rings is 1. The number of methoxy groups -OCH3 is 2. The number of hydrogen-bond acceptors (Lipinski definition) is 7. The van der Waals surface area contributed by atoms with Gasteiger partial charge in [-0.25, -0.2) is 4.98 Å². The molecule has 1 aromatic carbocycles. The molecule has 3 rings (SSSR count). The van der Waals surface area contributed by atoms with Gasteiger partial charge in [0.1, 0.15) is 18.3 Å². The minimum Gasteiger partial charge on any atom is -0.493 e. The minimum atomic E-state index is -0.758. The smallest absolute Gasteiger partial charge is 0.261 e. The quantitative estimate of drug-likeness (QED) is 0.477. The summed E-state index contributed by atoms with van der Waals surface area (Å²) in [7, 11) is 2.96. The van der Waals surface area contributed by atoms with E-state index in [4.69, 9.17) is 13.9 Å². The van der Waals surface area contributed by atoms with Crippen LogP contribution in [-0.2, 0) is 22.7 Å². The normalized spacial score (nSPS) is 12.7. The van der Waals surface area contributed by atoms with Gasteiger partial charge in [-0.05, 0) is 24.1 Å². The van der Waals surface area contributed by atoms with Gasteiger partial charge in [-0.2, -0.15) is 0 Å². The molecule has 0 radical (unpaired) electrons. The molecule has 0 spiro atoms. The Bertz CT molecular complexity index is 1170. The number of carbonyl (C=O) groups excluding carboxylic acids is 2. The fraction of sp³-hybridized carbons (Fsp3) is 0.391. The van der Waals surface area contributed by atoms with Crippen molar-refractivity contribution < 1.29 is 23.5 Å². The summed E-state index contributed by atoms with van der Waals surface area (Å²) in [6.45, 7) is 3.74. The van der Waals surface area contributed by atoms with Gasteiger partial charge in [0.05, 0.1) is 44.3 Å². The lowest BCUT2D eigenvalue weighted by Crippen LogP contribution is -2.51. The molecule has 2 atom stereocenters. The van der Waals surface area contributed by atoms with Crippen molar-refractivity contribution in [3.8, 4) is 11.5 Å². The molecule has 2 amide bonds. The predicted octanol–water partition coefficient (Wildman–Crippen LogP) is 1.85. The Hall–Kier alpha value is -3.82. The standard InChI is InChI=1S/C23H28N4O6/c1-5-14(2)21(22(29)24-11-15-7-6-8-33-15)26-20(28)12-27-13-25-17-10-19(32-4)18(31-3)9-16(17)23(27)30/h6-10,13-14,21H,5,11-12H2,1-4H3,(H,24,29)(H,26,28)/t14?,21-/m0/s1. The van der Waals surface area contributed by atoms with E-state index in [1.165, 1.54) is 37.4 Å². The molecule has 0 saturated carbocycles. The van der Waals surface area contributed by atoms with Crippen LogP contribution in [0.5, 0.6) is 11.5 Å². The number of nitrogens with zero attached hydrogens (tertiary/aromatic N) is 2. The summed E-state index contributed by atoms with van der Waals surface area (Å²) in [5.41, 5.74) is 0.0163. The van der Waals surface area contributed by atoms with Crippen LogP contribution in [0.3, 0.4) is 0 Å². The molecule has 0 saturated heterocycles. The van der Waals surface area contributed by atoms with Crippen LogP contribution >= 0.6 is 0 Å². The van der Waals surface area contributed by atoms with Crippen LogP contribution < -0.4 is 25.7 Å². The fourth-order valence-electron chi connectivity index (χ4n) is 3.37. The molecule has 2 aromatic heterocycles. The molecule has 0 aliphatic carbocycles. The van der Waals surface area contributed by atoms with Crippen molar-refractivity contribution in [2.75, 3.05) is 14.2 Å². The Labute approximate surface area is 190 Å². The van der Waals surface area contributed by atoms with Crippen molar-refractivity contribution in [3.63, 3.8) is 0 Å². The number of rotatable bonds is 10. The minimum absolute atomic E-state index is 0.117. The highest BCUT2D eigenvalue weighted by atomic mass is 16.5. The number of hydrogen-bond donors (Lipinski definition) is 2. The monoisotopic (exact) mass is 456 g/mol. The first kappa shape index (κ1) is 23.8. The second-order valence-electron chi connectivity index (χ2n) is 7.63. The van der Waals surface area contributed by atoms with Gasteiger partial charge in [0.15, 0.2) is 11.5 Å². The van der Waals surface area contributed by atoms with Gasteiger partial charge < -0.3 is 24.5 Å². The van der Waals surface area contributed by atoms with Gasteiger partial charge in [-0.15, -0.1) is 0 Å². The average Bonchev–Trinajstić information content (AvgIpc) is 3.35. The molecule has 0 aliphatic rings. The summed E-state index contributed by atoms with van der Waals surface area (Å²) < 4.78 is 16.9. The first-order chi connectivity index (χ1) is 15.9. The highest BCUT2D eigenvalue weighted by Gasteiger charge is 2.26. The largest absolute Gasteiger partial charge is 0.493 e. The zero-order valence-corrected chi connectivity index (χ0v) is 19.1. The van der Waals surface area contributed by atoms with Gasteiger partial charge in [-0.3, -0.25) is 19.0 Å². The maximum absolute atomic E-state index is 12.9. The van der Waals surface area contributed by atoms with E-state index in [0.717, 1.165) is 0 Å². The molecule has 2 heterocycles. The highest BCUT2D eigenvalue weighted by Crippen LogP contribution is 2.29. The van der Waals surface area contributed by atoms with E-state index in [9.17, 15) is 14.4 Å². The first-order valence-electron chi connectivity index (χ1n) is 10.6. The molecule has 33 heavy (non-hydrogen) atoms. The topological polar surface area (TPSA) is 125 Å². The van der Waals surface area contributed by atoms with Crippen molar-refractivity contribution in [1.82, 2.24) is 20.2 Å². The van der Waals surface area contributed by atoms with Crippen LogP contribution in [0, 0.1) is 5.92 Å². The summed E-state index contributed by atoms with van der Waals surface area (Å²) >= 11 is 0. The molecule has 10 heteroatoms. The lowest BCUT2D eigenvalue weighted by Gasteiger charge is -2.23. The SMILES string of the molecule is CCC(C)[C@H](NC(=O)Cn1cnc2cc(OC)c(OC)cc2c1=O)C(=O)NCc1ccco1. The van der Waals surface area contributed by atoms with Gasteiger partial charge in [0, 0.05) is 6.07 Å². The van der Waals surface area contributed by atoms with Crippen LogP contribution in [0.2, 0.25) is 0 Å². The van der Waals surface area contributed by atoms with Gasteiger partial charge in [0.25, 0.3) is 5.56 Å². The summed E-state index contributed by atoms with van der Waals surface area (Å²) in [5.74, 6) is 0.528. The van der Waals surface area contributed by atoms with Crippen LogP contribution in [0.15, 0.2) is 46.1 Å². The fourth-order valence-corrected chi connectivity index (χ4v) is 3.37. The molecular weight excluding hydrogens is 428 g/mol. The third-order valence-electron chi connectivity index (χ3n) is 5.47. The summed E-state index contributed by atoms with van der Waals surface area (Å²) in [5, 5.41) is 5.81. The Morgan fingerprint density at radius 2 is 1.94 bits per heavy atom. The first-order valence-corrected chi connectivity index (χ1v) is 10.6. The zero-order valence-electron chi connectivity index (χ0n) is 19.1. The molecule has 3 aromatic rings. The number of furan rings is 1. The maximum atomic E-state index is 12.9. The number of aromatic nitrogens is 2. The Morgan fingerprint density at radius 3 is 2.58 bits per heavy atom. The van der Waals surface area contributed by atoms with Crippen molar-refractivity contribution in [2.45, 2.75) is 39.4 Å². The van der Waals surface area contributed by atoms with E-state index in [0.29, 0.717) is 29.2 Å². The van der Waals surface area contributed by atoms with E-state index in [1.54, 1.807) is 18.2 Å². The highest BCUT2D eigenvalue weighted by molar-refractivity contribution is 5.88. The zero-order chi connectivity index (χ0) is 24.0. The summed E-state index contributed by atoms with van der Waals surface area (Å²) in [6.07, 6.45) is 3.50. The van der Waals surface area contributed by atoms with Crippen LogP contribution in [-0.4, -0.2) is 41.6 Å². The van der Waals surface area contributed by atoms with Gasteiger partial charge >= 0.3 is 0 Å². The molecule has 2 N–H and O–H groups in total. The molecule has 0 fully saturated rings. The number of nitrogens with one attached hydrogen (secondary N) is 2. The summed E-state index contributed by atoms with van der Waals surface area (Å²) in [4.78, 5) is 42.7. The van der Waals surface area contributed by atoms with Gasteiger partial charge in [0.2, 0.25) is 11.8 Å². The average molecular weight is 456 g/mol. The van der Waals surface area contributed by atoms with Crippen LogP contribution in [0.1, 0.15) is 26.0 Å². The molecule has 0 aliphatic heterocycles. The Morgan fingerprint density at radius 1 is 1.21 bits per heavy atom. The Balaban J connectivity index is 1.75. The maximum Gasteiger partial charge on any atom is 0.261 e. The predicted molar refractivity (Wildman–Crippen MR) is 121 cm³/mol. The third kappa shape index (κ3) is 5.51. The third-order valence-corrected chi connectivity index (χ3v) is 5.47. The summed E-state index contributed by atoms with van der Waals surface area (Å²) in [6, 6.07) is 5.85. The van der Waals surface area contributed by atoms with Crippen molar-refractivity contribution in [1.29, 1.82) is 0 Å². The van der Waals surface area contributed by atoms with E-state index in [1.807, 2.05) is 13.8 Å². The van der Waals surface area contributed by atoms with Crippen LogP contribution in [0.4, 0.5) is 0 Å². The number of fused-ring (bicyclic) bond motifs is 1. The lowest BCUT2D eigenvalue weighted by atomic mass is 9.98. The number of carbonyl (C=O) groups is 2. The second-order valence-corrected chi connectivity index (χ2v) is 7.63. The Kier molecular flexibility index (Phi) is 7.70. The van der Waals surface area contributed by atoms with E-state index in [-0.39, 0.29) is 30.3 Å². The lowest BCUT2D eigenvalue weighted by molar-refractivity contribution is -0.130. The molecule has 176 valence electrons. The number of amides is 2. The molecule has 1 unspecified atom stereocenters. The van der Waals surface area contributed by atoms with Crippen molar-refractivity contribution >= 4 is 22.7 Å². The van der Waals surface area contributed by atoms with E-state index < -0.39 is 17.5 Å². The van der Waals surface area contributed by atoms with E-state index in [2.05, 4.69) is 15.6 Å².